The van der Waals surface area contributed by atoms with E-state index in [2.05, 4.69) is 17.1 Å². The maximum atomic E-state index is 12.1. The van der Waals surface area contributed by atoms with Gasteiger partial charge in [-0.05, 0) is 46.2 Å². The van der Waals surface area contributed by atoms with Gasteiger partial charge in [0.15, 0.2) is 0 Å². The monoisotopic (exact) mass is 286 g/mol. The second-order valence-electron chi connectivity index (χ2n) is 5.54. The summed E-state index contributed by atoms with van der Waals surface area (Å²) < 4.78 is 10.6. The molecule has 5 heteroatoms. The van der Waals surface area contributed by atoms with Crippen LogP contribution in [0.4, 0.5) is 0 Å². The number of morpholine rings is 1. The number of carbonyl (C=O) groups is 1. The molecule has 0 aromatic rings. The molecule has 1 atom stereocenters. The van der Waals surface area contributed by atoms with E-state index in [9.17, 15) is 4.79 Å². The third-order valence-electron chi connectivity index (χ3n) is 3.75. The predicted molar refractivity (Wildman–Crippen MR) is 79.8 cm³/mol. The Morgan fingerprint density at radius 2 is 2.05 bits per heavy atom. The van der Waals surface area contributed by atoms with Gasteiger partial charge >= 0.3 is 5.97 Å². The van der Waals surface area contributed by atoms with Gasteiger partial charge in [0.2, 0.25) is 0 Å². The van der Waals surface area contributed by atoms with Crippen LogP contribution in [0.15, 0.2) is 0 Å². The first-order valence-electron chi connectivity index (χ1n) is 7.84. The Morgan fingerprint density at radius 3 is 2.65 bits per heavy atom. The van der Waals surface area contributed by atoms with Crippen LogP contribution in [0.3, 0.4) is 0 Å². The maximum absolute atomic E-state index is 12.1. The molecular formula is C15H30N2O3. The van der Waals surface area contributed by atoms with E-state index in [0.29, 0.717) is 6.61 Å². The first kappa shape index (κ1) is 17.4. The minimum Gasteiger partial charge on any atom is -0.465 e. The molecular weight excluding hydrogens is 256 g/mol. The number of ether oxygens (including phenoxy) is 2. The quantitative estimate of drug-likeness (QED) is 0.650. The molecule has 1 N–H and O–H groups in total. The van der Waals surface area contributed by atoms with E-state index in [4.69, 9.17) is 9.47 Å². The molecule has 5 nitrogen and oxygen atoms in total. The number of esters is 1. The van der Waals surface area contributed by atoms with Gasteiger partial charge in [-0.25, -0.2) is 0 Å². The fourth-order valence-electron chi connectivity index (χ4n) is 2.43. The van der Waals surface area contributed by atoms with Crippen molar-refractivity contribution in [2.75, 3.05) is 46.0 Å². The summed E-state index contributed by atoms with van der Waals surface area (Å²) in [5.74, 6) is -0.129. The van der Waals surface area contributed by atoms with Gasteiger partial charge < -0.3 is 14.8 Å². The van der Waals surface area contributed by atoms with Crippen molar-refractivity contribution in [3.05, 3.63) is 0 Å². The maximum Gasteiger partial charge on any atom is 0.326 e. The lowest BCUT2D eigenvalue weighted by Crippen LogP contribution is -2.51. The second kappa shape index (κ2) is 9.32. The number of hydrogen-bond donors (Lipinski definition) is 1. The molecule has 0 spiro atoms. The van der Waals surface area contributed by atoms with Gasteiger partial charge in [0.1, 0.15) is 5.54 Å². The van der Waals surface area contributed by atoms with Crippen molar-refractivity contribution in [2.45, 2.75) is 45.6 Å². The van der Waals surface area contributed by atoms with Crippen LogP contribution >= 0.6 is 0 Å². The molecule has 0 aliphatic carbocycles. The largest absolute Gasteiger partial charge is 0.465 e. The highest BCUT2D eigenvalue weighted by molar-refractivity contribution is 5.80. The molecule has 0 radical (unpaired) electrons. The molecule has 0 aromatic heterocycles. The number of nitrogens with one attached hydrogen (secondary N) is 1. The summed E-state index contributed by atoms with van der Waals surface area (Å²) in [5.41, 5.74) is -0.557. The summed E-state index contributed by atoms with van der Waals surface area (Å²) in [6.07, 6.45) is 2.81. The molecule has 20 heavy (non-hydrogen) atoms. The molecule has 1 rings (SSSR count). The zero-order valence-electron chi connectivity index (χ0n) is 13.2. The highest BCUT2D eigenvalue weighted by atomic mass is 16.5. The van der Waals surface area contributed by atoms with E-state index in [-0.39, 0.29) is 5.97 Å². The fourth-order valence-corrected chi connectivity index (χ4v) is 2.43. The van der Waals surface area contributed by atoms with E-state index in [1.807, 2.05) is 13.8 Å². The molecule has 0 amide bonds. The molecule has 0 bridgehead atoms. The highest BCUT2D eigenvalue weighted by Gasteiger charge is 2.33. The van der Waals surface area contributed by atoms with Crippen molar-refractivity contribution in [3.8, 4) is 0 Å². The lowest BCUT2D eigenvalue weighted by Gasteiger charge is -2.31. The van der Waals surface area contributed by atoms with E-state index in [1.165, 1.54) is 0 Å². The first-order valence-corrected chi connectivity index (χ1v) is 7.84. The van der Waals surface area contributed by atoms with Gasteiger partial charge in [0.05, 0.1) is 19.8 Å². The van der Waals surface area contributed by atoms with Crippen molar-refractivity contribution < 1.29 is 14.3 Å². The van der Waals surface area contributed by atoms with Crippen LogP contribution in [0.5, 0.6) is 0 Å². The molecule has 1 aliphatic heterocycles. The molecule has 1 aliphatic rings. The Bertz CT molecular complexity index is 280. The van der Waals surface area contributed by atoms with Crippen LogP contribution in [0.25, 0.3) is 0 Å². The average molecular weight is 286 g/mol. The van der Waals surface area contributed by atoms with Crippen molar-refractivity contribution in [3.63, 3.8) is 0 Å². The zero-order chi connectivity index (χ0) is 14.8. The standard InChI is InChI=1S/C15H30N2O3/c1-4-8-16-15(3,14(18)20-5-2)7-6-9-17-10-12-19-13-11-17/h16H,4-13H2,1-3H3. The van der Waals surface area contributed by atoms with Crippen molar-refractivity contribution in [1.29, 1.82) is 0 Å². The molecule has 1 fully saturated rings. The van der Waals surface area contributed by atoms with Gasteiger partial charge in [-0.15, -0.1) is 0 Å². The first-order chi connectivity index (χ1) is 9.62. The summed E-state index contributed by atoms with van der Waals surface area (Å²) in [7, 11) is 0. The number of nitrogens with zero attached hydrogens (tertiary/aromatic N) is 1. The van der Waals surface area contributed by atoms with Crippen molar-refractivity contribution in [2.24, 2.45) is 0 Å². The minimum absolute atomic E-state index is 0.129. The summed E-state index contributed by atoms with van der Waals surface area (Å²) in [6, 6.07) is 0. The van der Waals surface area contributed by atoms with E-state index in [1.54, 1.807) is 0 Å². The fraction of sp³-hybridized carbons (Fsp3) is 0.933. The third-order valence-corrected chi connectivity index (χ3v) is 3.75. The van der Waals surface area contributed by atoms with Crippen molar-refractivity contribution >= 4 is 5.97 Å². The third kappa shape index (κ3) is 5.77. The second-order valence-corrected chi connectivity index (χ2v) is 5.54. The van der Waals surface area contributed by atoms with E-state index >= 15 is 0 Å². The number of carbonyl (C=O) groups excluding carboxylic acids is 1. The lowest BCUT2D eigenvalue weighted by atomic mass is 9.95. The van der Waals surface area contributed by atoms with Gasteiger partial charge in [0.25, 0.3) is 0 Å². The van der Waals surface area contributed by atoms with Crippen LogP contribution in [0.2, 0.25) is 0 Å². The van der Waals surface area contributed by atoms with Crippen LogP contribution in [0.1, 0.15) is 40.0 Å². The Hall–Kier alpha value is -0.650. The normalized spacial score (nSPS) is 19.6. The SMILES string of the molecule is CCCNC(C)(CCCN1CCOCC1)C(=O)OCC. The van der Waals surface area contributed by atoms with Gasteiger partial charge in [0, 0.05) is 13.1 Å². The summed E-state index contributed by atoms with van der Waals surface area (Å²) in [5, 5.41) is 3.35. The Morgan fingerprint density at radius 1 is 1.35 bits per heavy atom. The van der Waals surface area contributed by atoms with Crippen LogP contribution in [-0.4, -0.2) is 62.4 Å². The van der Waals surface area contributed by atoms with Gasteiger partial charge in [-0.1, -0.05) is 6.92 Å². The van der Waals surface area contributed by atoms with E-state index < -0.39 is 5.54 Å². The zero-order valence-corrected chi connectivity index (χ0v) is 13.2. The van der Waals surface area contributed by atoms with Crippen LogP contribution in [0, 0.1) is 0 Å². The molecule has 118 valence electrons. The Balaban J connectivity index is 2.40. The van der Waals surface area contributed by atoms with Crippen LogP contribution in [-0.2, 0) is 14.3 Å². The average Bonchev–Trinajstić information content (AvgIpc) is 2.46. The molecule has 0 aromatic carbocycles. The number of rotatable bonds is 9. The van der Waals surface area contributed by atoms with Crippen molar-refractivity contribution in [1.82, 2.24) is 10.2 Å². The summed E-state index contributed by atoms with van der Waals surface area (Å²) in [6.45, 7) is 11.9. The van der Waals surface area contributed by atoms with Gasteiger partial charge in [-0.3, -0.25) is 9.69 Å². The van der Waals surface area contributed by atoms with E-state index in [0.717, 1.165) is 58.7 Å². The molecule has 1 saturated heterocycles. The highest BCUT2D eigenvalue weighted by Crippen LogP contribution is 2.16. The van der Waals surface area contributed by atoms with Crippen LogP contribution < -0.4 is 5.32 Å². The Kier molecular flexibility index (Phi) is 8.11. The predicted octanol–water partition coefficient (Wildman–Crippen LogP) is 1.42. The summed E-state index contributed by atoms with van der Waals surface area (Å²) in [4.78, 5) is 14.5. The Labute approximate surface area is 123 Å². The molecule has 1 unspecified atom stereocenters. The summed E-state index contributed by atoms with van der Waals surface area (Å²) >= 11 is 0. The van der Waals surface area contributed by atoms with Gasteiger partial charge in [-0.2, -0.15) is 0 Å². The smallest absolute Gasteiger partial charge is 0.326 e. The number of hydrogen-bond acceptors (Lipinski definition) is 5. The minimum atomic E-state index is -0.557. The molecule has 0 saturated carbocycles. The topological polar surface area (TPSA) is 50.8 Å². The molecule has 1 heterocycles. The lowest BCUT2D eigenvalue weighted by molar-refractivity contribution is -0.151.